The van der Waals surface area contributed by atoms with E-state index in [0.29, 0.717) is 13.0 Å². The smallest absolute Gasteiger partial charge is 0.222 e. The maximum Gasteiger partial charge on any atom is 0.222 e. The van der Waals surface area contributed by atoms with Crippen LogP contribution in [0, 0.1) is 0 Å². The summed E-state index contributed by atoms with van der Waals surface area (Å²) in [5.74, 6) is 0.141. The molecule has 1 atom stereocenters. The van der Waals surface area contributed by atoms with Gasteiger partial charge in [-0.1, -0.05) is 28.1 Å². The fraction of sp³-hybridized carbons (Fsp3) is 0.462. The van der Waals surface area contributed by atoms with Crippen molar-refractivity contribution in [3.05, 3.63) is 34.3 Å². The van der Waals surface area contributed by atoms with Gasteiger partial charge in [0.1, 0.15) is 0 Å². The molecule has 0 saturated carbocycles. The summed E-state index contributed by atoms with van der Waals surface area (Å²) < 4.78 is 1.03. The van der Waals surface area contributed by atoms with Crippen molar-refractivity contribution in [2.45, 2.75) is 32.4 Å². The number of benzene rings is 1. The number of carbonyl (C=O) groups is 1. The van der Waals surface area contributed by atoms with Crippen molar-refractivity contribution in [1.82, 2.24) is 4.90 Å². The number of hydrogen-bond donors (Lipinski definition) is 1. The van der Waals surface area contributed by atoms with Crippen LogP contribution in [0.3, 0.4) is 0 Å². The Hall–Kier alpha value is -0.870. The molecule has 1 rings (SSSR count). The summed E-state index contributed by atoms with van der Waals surface area (Å²) in [6.07, 6.45) is 1.25. The van der Waals surface area contributed by atoms with E-state index >= 15 is 0 Å². The number of nitrogens with two attached hydrogens (primary N) is 1. The zero-order valence-electron chi connectivity index (χ0n) is 10.3. The van der Waals surface area contributed by atoms with Gasteiger partial charge in [-0.05, 0) is 31.0 Å². The summed E-state index contributed by atoms with van der Waals surface area (Å²) in [5, 5.41) is 0. The van der Waals surface area contributed by atoms with Gasteiger partial charge < -0.3 is 10.6 Å². The average Bonchev–Trinajstić information content (AvgIpc) is 2.25. The van der Waals surface area contributed by atoms with Gasteiger partial charge in [0.25, 0.3) is 0 Å². The normalized spacial score (nSPS) is 12.2. The second-order valence-electron chi connectivity index (χ2n) is 4.40. The van der Waals surface area contributed by atoms with Gasteiger partial charge >= 0.3 is 0 Å². The Bertz CT molecular complexity index is 379. The Balaban J connectivity index is 2.48. The Morgan fingerprint density at radius 3 is 2.82 bits per heavy atom. The van der Waals surface area contributed by atoms with Crippen LogP contribution in [0.25, 0.3) is 0 Å². The number of amides is 1. The maximum atomic E-state index is 11.8. The van der Waals surface area contributed by atoms with Crippen molar-refractivity contribution in [2.24, 2.45) is 5.73 Å². The van der Waals surface area contributed by atoms with Crippen LogP contribution in [0.15, 0.2) is 28.7 Å². The van der Waals surface area contributed by atoms with E-state index in [2.05, 4.69) is 15.9 Å². The predicted octanol–water partition coefficient (Wildman–Crippen LogP) is 2.53. The minimum absolute atomic E-state index is 0.0817. The van der Waals surface area contributed by atoms with E-state index in [0.717, 1.165) is 16.5 Å². The lowest BCUT2D eigenvalue weighted by atomic mass is 10.1. The third kappa shape index (κ3) is 5.33. The molecule has 2 N–H and O–H groups in total. The van der Waals surface area contributed by atoms with E-state index < -0.39 is 0 Å². The molecule has 1 aromatic rings. The second kappa shape index (κ2) is 6.77. The molecule has 1 aromatic carbocycles. The molecular formula is C13H19BrN2O. The standard InChI is InChI=1S/C13H19BrN2O/c1-10(15)6-7-13(17)16(2)9-11-4-3-5-12(14)8-11/h3-5,8,10H,6-7,9,15H2,1-2H3. The van der Waals surface area contributed by atoms with Crippen LogP contribution < -0.4 is 5.73 Å². The Morgan fingerprint density at radius 2 is 2.24 bits per heavy atom. The average molecular weight is 299 g/mol. The first-order chi connectivity index (χ1) is 7.99. The lowest BCUT2D eigenvalue weighted by Crippen LogP contribution is -2.27. The third-order valence-electron chi connectivity index (χ3n) is 2.55. The van der Waals surface area contributed by atoms with Gasteiger partial charge in [-0.2, -0.15) is 0 Å². The highest BCUT2D eigenvalue weighted by molar-refractivity contribution is 9.10. The highest BCUT2D eigenvalue weighted by atomic mass is 79.9. The van der Waals surface area contributed by atoms with Crippen molar-refractivity contribution in [3.63, 3.8) is 0 Å². The van der Waals surface area contributed by atoms with E-state index in [9.17, 15) is 4.79 Å². The topological polar surface area (TPSA) is 46.3 Å². The molecule has 0 heterocycles. The van der Waals surface area contributed by atoms with Crippen LogP contribution in [0.2, 0.25) is 0 Å². The molecule has 1 amide bonds. The summed E-state index contributed by atoms with van der Waals surface area (Å²) in [5.41, 5.74) is 6.76. The summed E-state index contributed by atoms with van der Waals surface area (Å²) >= 11 is 3.42. The minimum Gasteiger partial charge on any atom is -0.341 e. The molecule has 1 unspecified atom stereocenters. The monoisotopic (exact) mass is 298 g/mol. The SMILES string of the molecule is CC(N)CCC(=O)N(C)Cc1cccc(Br)c1. The Labute approximate surface area is 111 Å². The lowest BCUT2D eigenvalue weighted by molar-refractivity contribution is -0.130. The van der Waals surface area contributed by atoms with E-state index in [1.165, 1.54) is 0 Å². The molecule has 3 nitrogen and oxygen atoms in total. The van der Waals surface area contributed by atoms with Gasteiger partial charge in [0.15, 0.2) is 0 Å². The van der Waals surface area contributed by atoms with Crippen LogP contribution in [0.4, 0.5) is 0 Å². The molecule has 0 bridgehead atoms. The van der Waals surface area contributed by atoms with Crippen LogP contribution >= 0.6 is 15.9 Å². The first-order valence-corrected chi connectivity index (χ1v) is 6.52. The molecule has 0 aliphatic heterocycles. The first-order valence-electron chi connectivity index (χ1n) is 5.73. The van der Waals surface area contributed by atoms with Crippen molar-refractivity contribution in [2.75, 3.05) is 7.05 Å². The fourth-order valence-corrected chi connectivity index (χ4v) is 1.99. The zero-order valence-corrected chi connectivity index (χ0v) is 11.9. The Kier molecular flexibility index (Phi) is 5.65. The van der Waals surface area contributed by atoms with Crippen molar-refractivity contribution in [1.29, 1.82) is 0 Å². The van der Waals surface area contributed by atoms with Gasteiger partial charge in [-0.15, -0.1) is 0 Å². The van der Waals surface area contributed by atoms with Crippen LogP contribution in [0.5, 0.6) is 0 Å². The van der Waals surface area contributed by atoms with Gasteiger partial charge in [-0.25, -0.2) is 0 Å². The molecule has 0 spiro atoms. The number of rotatable bonds is 5. The van der Waals surface area contributed by atoms with Crippen molar-refractivity contribution in [3.8, 4) is 0 Å². The molecule has 4 heteroatoms. The van der Waals surface area contributed by atoms with Gasteiger partial charge in [0, 0.05) is 30.5 Å². The quantitative estimate of drug-likeness (QED) is 0.908. The summed E-state index contributed by atoms with van der Waals surface area (Å²) in [7, 11) is 1.82. The molecule has 0 aliphatic rings. The van der Waals surface area contributed by atoms with Gasteiger partial charge in [0.05, 0.1) is 0 Å². The molecule has 0 aliphatic carbocycles. The van der Waals surface area contributed by atoms with Gasteiger partial charge in [0.2, 0.25) is 5.91 Å². The van der Waals surface area contributed by atoms with Crippen LogP contribution in [-0.4, -0.2) is 23.9 Å². The van der Waals surface area contributed by atoms with Crippen LogP contribution in [0.1, 0.15) is 25.3 Å². The molecule has 94 valence electrons. The van der Waals surface area contributed by atoms with Crippen LogP contribution in [-0.2, 0) is 11.3 Å². The summed E-state index contributed by atoms with van der Waals surface area (Å²) in [6, 6.07) is 8.06. The number of hydrogen-bond acceptors (Lipinski definition) is 2. The molecular weight excluding hydrogens is 280 g/mol. The molecule has 0 radical (unpaired) electrons. The molecule has 0 fully saturated rings. The van der Waals surface area contributed by atoms with Crippen molar-refractivity contribution < 1.29 is 4.79 Å². The molecule has 0 aromatic heterocycles. The Morgan fingerprint density at radius 1 is 1.53 bits per heavy atom. The lowest BCUT2D eigenvalue weighted by Gasteiger charge is -2.18. The highest BCUT2D eigenvalue weighted by Gasteiger charge is 2.10. The number of carbonyl (C=O) groups excluding carboxylic acids is 1. The van der Waals surface area contributed by atoms with E-state index in [4.69, 9.17) is 5.73 Å². The van der Waals surface area contributed by atoms with E-state index in [1.54, 1.807) is 4.90 Å². The second-order valence-corrected chi connectivity index (χ2v) is 5.31. The largest absolute Gasteiger partial charge is 0.341 e. The van der Waals surface area contributed by atoms with E-state index in [-0.39, 0.29) is 11.9 Å². The maximum absolute atomic E-state index is 11.8. The molecule has 0 saturated heterocycles. The fourth-order valence-electron chi connectivity index (χ4n) is 1.54. The minimum atomic E-state index is 0.0817. The number of halogens is 1. The predicted molar refractivity (Wildman–Crippen MR) is 73.5 cm³/mol. The third-order valence-corrected chi connectivity index (χ3v) is 3.04. The summed E-state index contributed by atoms with van der Waals surface area (Å²) in [6.45, 7) is 2.55. The highest BCUT2D eigenvalue weighted by Crippen LogP contribution is 2.13. The van der Waals surface area contributed by atoms with Gasteiger partial charge in [-0.3, -0.25) is 4.79 Å². The molecule has 17 heavy (non-hydrogen) atoms. The number of nitrogens with zero attached hydrogens (tertiary/aromatic N) is 1. The zero-order chi connectivity index (χ0) is 12.8. The van der Waals surface area contributed by atoms with Crippen molar-refractivity contribution >= 4 is 21.8 Å². The first kappa shape index (κ1) is 14.2. The summed E-state index contributed by atoms with van der Waals surface area (Å²) in [4.78, 5) is 13.5. The van der Waals surface area contributed by atoms with E-state index in [1.807, 2.05) is 38.2 Å².